The van der Waals surface area contributed by atoms with E-state index in [1.165, 1.54) is 5.56 Å². The molecule has 2 fully saturated rings. The highest BCUT2D eigenvalue weighted by Gasteiger charge is 2.55. The molecule has 1 aliphatic carbocycles. The third-order valence-corrected chi connectivity index (χ3v) is 8.45. The van der Waals surface area contributed by atoms with Gasteiger partial charge in [0.25, 0.3) is 0 Å². The molecule has 1 aromatic carbocycles. The van der Waals surface area contributed by atoms with Gasteiger partial charge in [0.1, 0.15) is 5.60 Å². The molecule has 8 nitrogen and oxygen atoms in total. The maximum Gasteiger partial charge on any atom is 0.230 e. The molecule has 3 heterocycles. The van der Waals surface area contributed by atoms with E-state index in [0.717, 1.165) is 55.5 Å². The fourth-order valence-electron chi connectivity index (χ4n) is 6.40. The molecule has 2 aromatic heterocycles. The number of aromatic nitrogens is 3. The van der Waals surface area contributed by atoms with E-state index in [-0.39, 0.29) is 23.3 Å². The smallest absolute Gasteiger partial charge is 0.230 e. The summed E-state index contributed by atoms with van der Waals surface area (Å²) in [6.45, 7) is 9.58. The van der Waals surface area contributed by atoms with Crippen molar-refractivity contribution in [1.29, 1.82) is 0 Å². The Morgan fingerprint density at radius 2 is 1.82 bits per heavy atom. The Hall–Kier alpha value is -3.10. The molecule has 1 aliphatic heterocycles. The van der Waals surface area contributed by atoms with E-state index in [4.69, 9.17) is 9.51 Å². The van der Waals surface area contributed by atoms with Gasteiger partial charge in [0.05, 0.1) is 0 Å². The van der Waals surface area contributed by atoms with Crippen LogP contribution in [0.25, 0.3) is 11.4 Å². The van der Waals surface area contributed by atoms with Gasteiger partial charge in [0, 0.05) is 60.9 Å². The summed E-state index contributed by atoms with van der Waals surface area (Å²) in [5.74, 6) is 1.71. The number of nitrogens with zero attached hydrogens (tertiary/aromatic N) is 4. The summed E-state index contributed by atoms with van der Waals surface area (Å²) < 4.78 is 5.69. The van der Waals surface area contributed by atoms with Gasteiger partial charge in [-0.25, -0.2) is 0 Å². The summed E-state index contributed by atoms with van der Waals surface area (Å²) in [7, 11) is 2.07. The van der Waals surface area contributed by atoms with Crippen molar-refractivity contribution in [2.24, 2.45) is 5.41 Å². The predicted molar refractivity (Wildman–Crippen MR) is 145 cm³/mol. The van der Waals surface area contributed by atoms with Crippen LogP contribution in [-0.4, -0.2) is 57.2 Å². The van der Waals surface area contributed by atoms with Crippen molar-refractivity contribution >= 4 is 5.91 Å². The Morgan fingerprint density at radius 3 is 2.42 bits per heavy atom. The zero-order valence-electron chi connectivity index (χ0n) is 23.1. The first-order valence-electron chi connectivity index (χ1n) is 13.7. The van der Waals surface area contributed by atoms with Crippen LogP contribution in [0.1, 0.15) is 87.8 Å². The Kier molecular flexibility index (Phi) is 7.13. The first kappa shape index (κ1) is 26.5. The number of pyridine rings is 1. The van der Waals surface area contributed by atoms with Gasteiger partial charge < -0.3 is 19.8 Å². The highest BCUT2D eigenvalue weighted by atomic mass is 16.5. The molecule has 0 radical (unpaired) electrons. The lowest BCUT2D eigenvalue weighted by atomic mass is 9.62. The lowest BCUT2D eigenvalue weighted by Gasteiger charge is -2.55. The van der Waals surface area contributed by atoms with E-state index in [1.54, 1.807) is 19.3 Å². The molecular formula is C30H39N5O3. The number of likely N-dealkylation sites (tertiary alicyclic amines) is 1. The average Bonchev–Trinajstić information content (AvgIpc) is 3.38. The van der Waals surface area contributed by atoms with Gasteiger partial charge in [-0.15, -0.1) is 0 Å². The Labute approximate surface area is 224 Å². The first-order chi connectivity index (χ1) is 18.1. The lowest BCUT2D eigenvalue weighted by Crippen LogP contribution is -2.63. The third kappa shape index (κ3) is 4.87. The fraction of sp³-hybridized carbons (Fsp3) is 0.533. The topological polar surface area (TPSA) is 104 Å². The van der Waals surface area contributed by atoms with Crippen LogP contribution in [0.4, 0.5) is 0 Å². The van der Waals surface area contributed by atoms with Gasteiger partial charge in [0.2, 0.25) is 17.6 Å². The van der Waals surface area contributed by atoms with E-state index in [2.05, 4.69) is 72.4 Å². The highest BCUT2D eigenvalue weighted by molar-refractivity contribution is 5.73. The van der Waals surface area contributed by atoms with Crippen molar-refractivity contribution in [1.82, 2.24) is 25.3 Å². The van der Waals surface area contributed by atoms with Gasteiger partial charge in [-0.1, -0.05) is 50.2 Å². The van der Waals surface area contributed by atoms with Crippen molar-refractivity contribution in [2.45, 2.75) is 76.9 Å². The van der Waals surface area contributed by atoms with E-state index in [9.17, 15) is 9.90 Å². The van der Waals surface area contributed by atoms with E-state index < -0.39 is 5.60 Å². The number of carbonyl (C=O) groups is 1. The van der Waals surface area contributed by atoms with Crippen LogP contribution in [-0.2, 0) is 10.4 Å². The SMILES string of the molecule is CC(=O)N[C@H]1CC[C@@H](c2nc(-c3cncc(C(O)(c4ccc(C(C)C)cc4)C4(C)CN(C)C4)c3)no2)CC1. The van der Waals surface area contributed by atoms with Crippen molar-refractivity contribution in [3.05, 3.63) is 65.3 Å². The molecule has 2 aliphatic rings. The minimum atomic E-state index is -1.23. The monoisotopic (exact) mass is 517 g/mol. The molecule has 202 valence electrons. The summed E-state index contributed by atoms with van der Waals surface area (Å²) in [4.78, 5) is 22.8. The number of amides is 1. The zero-order chi connectivity index (χ0) is 27.1. The highest BCUT2D eigenvalue weighted by Crippen LogP contribution is 2.50. The predicted octanol–water partition coefficient (Wildman–Crippen LogP) is 4.60. The second kappa shape index (κ2) is 10.2. The van der Waals surface area contributed by atoms with Crippen LogP contribution in [0.2, 0.25) is 0 Å². The van der Waals surface area contributed by atoms with Crippen molar-refractivity contribution in [2.75, 3.05) is 20.1 Å². The van der Waals surface area contributed by atoms with Crippen LogP contribution in [0.5, 0.6) is 0 Å². The molecule has 8 heteroatoms. The zero-order valence-corrected chi connectivity index (χ0v) is 23.1. The van der Waals surface area contributed by atoms with E-state index >= 15 is 0 Å². The first-order valence-corrected chi connectivity index (χ1v) is 13.7. The summed E-state index contributed by atoms with van der Waals surface area (Å²) >= 11 is 0. The van der Waals surface area contributed by atoms with Crippen LogP contribution < -0.4 is 5.32 Å². The molecule has 1 saturated carbocycles. The number of aliphatic hydroxyl groups is 1. The summed E-state index contributed by atoms with van der Waals surface area (Å²) in [6.07, 6.45) is 7.06. The molecule has 1 amide bonds. The Bertz CT molecular complexity index is 1270. The number of benzene rings is 1. The molecule has 1 unspecified atom stereocenters. The number of nitrogens with one attached hydrogen (secondary N) is 1. The second-order valence-corrected chi connectivity index (χ2v) is 11.9. The quantitative estimate of drug-likeness (QED) is 0.472. The lowest BCUT2D eigenvalue weighted by molar-refractivity contribution is -0.127. The number of hydrogen-bond acceptors (Lipinski definition) is 7. The van der Waals surface area contributed by atoms with Crippen LogP contribution >= 0.6 is 0 Å². The fourth-order valence-corrected chi connectivity index (χ4v) is 6.40. The molecule has 38 heavy (non-hydrogen) atoms. The van der Waals surface area contributed by atoms with Crippen molar-refractivity contribution in [3.8, 4) is 11.4 Å². The van der Waals surface area contributed by atoms with Gasteiger partial charge in [0.15, 0.2) is 0 Å². The van der Waals surface area contributed by atoms with Crippen molar-refractivity contribution < 1.29 is 14.4 Å². The number of hydrogen-bond donors (Lipinski definition) is 2. The summed E-state index contributed by atoms with van der Waals surface area (Å²) in [5, 5.41) is 19.8. The molecule has 2 N–H and O–H groups in total. The molecule has 0 spiro atoms. The van der Waals surface area contributed by atoms with Crippen LogP contribution in [0, 0.1) is 5.41 Å². The minimum absolute atomic E-state index is 0.0131. The maximum atomic E-state index is 12.5. The van der Waals surface area contributed by atoms with Gasteiger partial charge in [-0.05, 0) is 55.8 Å². The largest absolute Gasteiger partial charge is 0.380 e. The molecule has 3 aromatic rings. The van der Waals surface area contributed by atoms with Gasteiger partial charge >= 0.3 is 0 Å². The standard InChI is InChI=1S/C30H39N5O3/c1-19(2)21-6-10-24(11-7-21)30(37,29(4)17-35(5)18-29)25-14-23(15-31-16-25)27-33-28(38-34-27)22-8-12-26(13-9-22)32-20(3)36/h6-7,10-11,14-16,19,22,26,37H,8-9,12-13,17-18H2,1-5H3,(H,32,36)/t22-,26+,30?. The number of rotatable bonds is 7. The maximum absolute atomic E-state index is 12.5. The van der Waals surface area contributed by atoms with Crippen molar-refractivity contribution in [3.63, 3.8) is 0 Å². The van der Waals surface area contributed by atoms with Crippen LogP contribution in [0.3, 0.4) is 0 Å². The van der Waals surface area contributed by atoms with E-state index in [0.29, 0.717) is 17.6 Å². The third-order valence-electron chi connectivity index (χ3n) is 8.45. The second-order valence-electron chi connectivity index (χ2n) is 11.9. The Morgan fingerprint density at radius 1 is 1.13 bits per heavy atom. The van der Waals surface area contributed by atoms with Gasteiger partial charge in [-0.3, -0.25) is 9.78 Å². The summed E-state index contributed by atoms with van der Waals surface area (Å²) in [5.41, 5.74) is 1.94. The molecule has 5 rings (SSSR count). The molecule has 0 bridgehead atoms. The Balaban J connectivity index is 1.43. The molecule has 1 saturated heterocycles. The summed E-state index contributed by atoms with van der Waals surface area (Å²) in [6, 6.07) is 10.5. The van der Waals surface area contributed by atoms with E-state index in [1.807, 2.05) is 6.07 Å². The minimum Gasteiger partial charge on any atom is -0.380 e. The number of carbonyl (C=O) groups excluding carboxylic acids is 1. The normalized spacial score (nSPS) is 23.0. The molecule has 1 atom stereocenters. The van der Waals surface area contributed by atoms with Gasteiger partial charge in [-0.2, -0.15) is 4.98 Å². The van der Waals surface area contributed by atoms with Crippen LogP contribution in [0.15, 0.2) is 47.2 Å². The molecular weight excluding hydrogens is 478 g/mol. The average molecular weight is 518 g/mol.